The van der Waals surface area contributed by atoms with Crippen molar-refractivity contribution in [1.82, 2.24) is 20.3 Å². The number of anilines is 2. The van der Waals surface area contributed by atoms with Gasteiger partial charge in [-0.3, -0.25) is 14.8 Å². The maximum Gasteiger partial charge on any atom is 0.254 e. The summed E-state index contributed by atoms with van der Waals surface area (Å²) in [5.41, 5.74) is 3.16. The molecular formula is C17H19N5O3S. The summed E-state index contributed by atoms with van der Waals surface area (Å²) in [5.74, 6) is 0.0405. The van der Waals surface area contributed by atoms with Crippen molar-refractivity contribution in [2.24, 2.45) is 0 Å². The van der Waals surface area contributed by atoms with E-state index >= 15 is 0 Å². The van der Waals surface area contributed by atoms with E-state index in [9.17, 15) is 9.59 Å². The van der Waals surface area contributed by atoms with E-state index in [1.54, 1.807) is 34.9 Å². The zero-order valence-electron chi connectivity index (χ0n) is 14.2. The number of carbonyl (C=O) groups excluding carboxylic acids is 2. The van der Waals surface area contributed by atoms with E-state index < -0.39 is 5.91 Å². The summed E-state index contributed by atoms with van der Waals surface area (Å²) >= 11 is 1.52. The summed E-state index contributed by atoms with van der Waals surface area (Å²) in [6, 6.07) is 3.38. The molecule has 2 amide bonds. The summed E-state index contributed by atoms with van der Waals surface area (Å²) in [6.45, 7) is 2.96. The van der Waals surface area contributed by atoms with Crippen LogP contribution in [-0.2, 0) is 4.79 Å². The monoisotopic (exact) mass is 373 g/mol. The van der Waals surface area contributed by atoms with Crippen LogP contribution in [0.4, 0.5) is 10.9 Å². The van der Waals surface area contributed by atoms with Crippen LogP contribution in [0.1, 0.15) is 28.1 Å². The number of thiazole rings is 1. The van der Waals surface area contributed by atoms with Crippen LogP contribution in [0.3, 0.4) is 0 Å². The Hall–Kier alpha value is -2.78. The first-order valence-electron chi connectivity index (χ1n) is 8.11. The Kier molecular flexibility index (Phi) is 5.59. The van der Waals surface area contributed by atoms with Gasteiger partial charge in [0, 0.05) is 42.3 Å². The SMILES string of the molecule is Cc1cnc(Nc2cc(C(=O)N3CC=C(CCC(=O)NO)C3)ccn2)s1. The number of aromatic nitrogens is 2. The molecule has 0 radical (unpaired) electrons. The molecule has 0 saturated heterocycles. The molecule has 3 heterocycles. The molecule has 8 nitrogen and oxygen atoms in total. The Balaban J connectivity index is 1.60. The van der Waals surface area contributed by atoms with Gasteiger partial charge in [-0.2, -0.15) is 0 Å². The maximum absolute atomic E-state index is 12.7. The molecule has 26 heavy (non-hydrogen) atoms. The quantitative estimate of drug-likeness (QED) is 0.407. The van der Waals surface area contributed by atoms with Gasteiger partial charge in [0.1, 0.15) is 5.82 Å². The molecule has 2 aromatic heterocycles. The molecule has 0 unspecified atom stereocenters. The Bertz CT molecular complexity index is 848. The molecule has 1 aliphatic rings. The third-order valence-electron chi connectivity index (χ3n) is 3.94. The summed E-state index contributed by atoms with van der Waals surface area (Å²) in [7, 11) is 0. The van der Waals surface area contributed by atoms with Crippen LogP contribution in [0.5, 0.6) is 0 Å². The first-order valence-corrected chi connectivity index (χ1v) is 8.92. The number of nitrogens with zero attached hydrogens (tertiary/aromatic N) is 3. The molecule has 0 bridgehead atoms. The molecule has 0 aromatic carbocycles. The van der Waals surface area contributed by atoms with Crippen molar-refractivity contribution < 1.29 is 14.8 Å². The second kappa shape index (κ2) is 8.07. The van der Waals surface area contributed by atoms with E-state index in [1.165, 1.54) is 11.3 Å². The molecule has 136 valence electrons. The number of nitrogens with one attached hydrogen (secondary N) is 2. The molecule has 2 aromatic rings. The van der Waals surface area contributed by atoms with Gasteiger partial charge in [0.15, 0.2) is 5.13 Å². The van der Waals surface area contributed by atoms with Gasteiger partial charge in [-0.15, -0.1) is 11.3 Å². The predicted molar refractivity (Wildman–Crippen MR) is 97.5 cm³/mol. The third-order valence-corrected chi connectivity index (χ3v) is 4.77. The molecule has 1 aliphatic heterocycles. The molecular weight excluding hydrogens is 354 g/mol. The molecule has 3 rings (SSSR count). The van der Waals surface area contributed by atoms with Crippen molar-refractivity contribution >= 4 is 34.1 Å². The fourth-order valence-electron chi connectivity index (χ4n) is 2.62. The zero-order chi connectivity index (χ0) is 18.5. The van der Waals surface area contributed by atoms with Crippen LogP contribution in [-0.4, -0.2) is 45.0 Å². The van der Waals surface area contributed by atoms with Gasteiger partial charge in [-0.05, 0) is 25.5 Å². The number of pyridine rings is 1. The van der Waals surface area contributed by atoms with Gasteiger partial charge in [0.2, 0.25) is 5.91 Å². The van der Waals surface area contributed by atoms with Crippen LogP contribution in [0.2, 0.25) is 0 Å². The Labute approximate surface area is 154 Å². The van der Waals surface area contributed by atoms with Crippen molar-refractivity contribution in [2.75, 3.05) is 18.4 Å². The van der Waals surface area contributed by atoms with Gasteiger partial charge in [-0.25, -0.2) is 15.4 Å². The van der Waals surface area contributed by atoms with E-state index in [1.807, 2.05) is 13.0 Å². The smallest absolute Gasteiger partial charge is 0.254 e. The van der Waals surface area contributed by atoms with Gasteiger partial charge >= 0.3 is 0 Å². The van der Waals surface area contributed by atoms with Crippen LogP contribution >= 0.6 is 11.3 Å². The number of aryl methyl sites for hydroxylation is 1. The van der Waals surface area contributed by atoms with Crippen molar-refractivity contribution in [1.29, 1.82) is 0 Å². The lowest BCUT2D eigenvalue weighted by molar-refractivity contribution is -0.129. The summed E-state index contributed by atoms with van der Waals surface area (Å²) in [4.78, 5) is 35.1. The first kappa shape index (κ1) is 18.0. The highest BCUT2D eigenvalue weighted by Gasteiger charge is 2.21. The van der Waals surface area contributed by atoms with Crippen molar-refractivity contribution in [2.45, 2.75) is 19.8 Å². The van der Waals surface area contributed by atoms with Crippen molar-refractivity contribution in [3.63, 3.8) is 0 Å². The Morgan fingerprint density at radius 1 is 1.38 bits per heavy atom. The lowest BCUT2D eigenvalue weighted by Crippen LogP contribution is -2.29. The predicted octanol–water partition coefficient (Wildman–Crippen LogP) is 2.26. The van der Waals surface area contributed by atoms with E-state index in [0.29, 0.717) is 30.9 Å². The average molecular weight is 373 g/mol. The lowest BCUT2D eigenvalue weighted by atomic mass is 10.1. The van der Waals surface area contributed by atoms with E-state index in [4.69, 9.17) is 5.21 Å². The summed E-state index contributed by atoms with van der Waals surface area (Å²) < 4.78 is 0. The highest BCUT2D eigenvalue weighted by Crippen LogP contribution is 2.22. The minimum atomic E-state index is -0.432. The normalized spacial score (nSPS) is 13.5. The molecule has 3 N–H and O–H groups in total. The van der Waals surface area contributed by atoms with Gasteiger partial charge in [0.05, 0.1) is 0 Å². The number of hydrogen-bond acceptors (Lipinski definition) is 7. The lowest BCUT2D eigenvalue weighted by Gasteiger charge is -2.17. The third kappa shape index (κ3) is 4.44. The van der Waals surface area contributed by atoms with Crippen LogP contribution in [0.25, 0.3) is 0 Å². The Morgan fingerprint density at radius 3 is 2.96 bits per heavy atom. The fourth-order valence-corrected chi connectivity index (χ4v) is 3.29. The first-order chi connectivity index (χ1) is 12.5. The molecule has 0 saturated carbocycles. The highest BCUT2D eigenvalue weighted by atomic mass is 32.1. The van der Waals surface area contributed by atoms with Crippen molar-refractivity contribution in [3.8, 4) is 0 Å². The summed E-state index contributed by atoms with van der Waals surface area (Å²) in [5, 5.41) is 12.4. The minimum Gasteiger partial charge on any atom is -0.331 e. The van der Waals surface area contributed by atoms with Gasteiger partial charge in [-0.1, -0.05) is 11.6 Å². The largest absolute Gasteiger partial charge is 0.331 e. The maximum atomic E-state index is 12.7. The molecule has 0 atom stereocenters. The van der Waals surface area contributed by atoms with Crippen LogP contribution < -0.4 is 10.8 Å². The van der Waals surface area contributed by atoms with Gasteiger partial charge < -0.3 is 10.2 Å². The number of hydrogen-bond donors (Lipinski definition) is 3. The topological polar surface area (TPSA) is 107 Å². The molecule has 0 aliphatic carbocycles. The second-order valence-electron chi connectivity index (χ2n) is 5.91. The standard InChI is InChI=1S/C17H19N5O3S/c1-11-9-19-17(26-11)20-14-8-13(4-6-18-14)16(24)22-7-5-12(10-22)2-3-15(23)21-25/h4-6,8-9,25H,2-3,7,10H2,1H3,(H,21,23)(H,18,19,20). The molecule has 0 spiro atoms. The fraction of sp³-hybridized carbons (Fsp3) is 0.294. The number of amides is 2. The zero-order valence-corrected chi connectivity index (χ0v) is 15.0. The van der Waals surface area contributed by atoms with Crippen molar-refractivity contribution in [3.05, 3.63) is 46.6 Å². The van der Waals surface area contributed by atoms with Crippen LogP contribution in [0, 0.1) is 6.92 Å². The van der Waals surface area contributed by atoms with E-state index in [0.717, 1.165) is 15.6 Å². The number of rotatable bonds is 6. The molecule has 0 fully saturated rings. The molecule has 9 heteroatoms. The second-order valence-corrected chi connectivity index (χ2v) is 7.15. The van der Waals surface area contributed by atoms with Crippen LogP contribution in [0.15, 0.2) is 36.2 Å². The van der Waals surface area contributed by atoms with E-state index in [2.05, 4.69) is 15.3 Å². The number of carbonyl (C=O) groups is 2. The summed E-state index contributed by atoms with van der Waals surface area (Å²) in [6.07, 6.45) is 6.02. The average Bonchev–Trinajstić information content (AvgIpc) is 3.28. The highest BCUT2D eigenvalue weighted by molar-refractivity contribution is 7.15. The minimum absolute atomic E-state index is 0.0939. The van der Waals surface area contributed by atoms with E-state index in [-0.39, 0.29) is 12.3 Å². The van der Waals surface area contributed by atoms with Gasteiger partial charge in [0.25, 0.3) is 5.91 Å². The number of hydroxylamine groups is 1. The Morgan fingerprint density at radius 2 is 2.23 bits per heavy atom.